The molecule has 1 aliphatic heterocycles. The number of piperazine rings is 1. The molecule has 1 saturated heterocycles. The Bertz CT molecular complexity index is 1610. The number of nitrogens with zero attached hydrogens (tertiary/aromatic N) is 4. The van der Waals surface area contributed by atoms with Gasteiger partial charge in [0, 0.05) is 54.6 Å². The highest BCUT2D eigenvalue weighted by molar-refractivity contribution is 5.99. The van der Waals surface area contributed by atoms with Crippen molar-refractivity contribution in [2.45, 2.75) is 52.6 Å². The first kappa shape index (κ1) is 28.2. The Morgan fingerprint density at radius 1 is 1.17 bits per heavy atom. The summed E-state index contributed by atoms with van der Waals surface area (Å²) in [7, 11) is 0. The average Bonchev–Trinajstić information content (AvgIpc) is 3.41. The van der Waals surface area contributed by atoms with E-state index in [0.717, 1.165) is 6.54 Å². The molecule has 0 spiro atoms. The molecule has 0 aliphatic carbocycles. The predicted molar refractivity (Wildman–Crippen MR) is 156 cm³/mol. The molecule has 5 rings (SSSR count). The summed E-state index contributed by atoms with van der Waals surface area (Å²) in [6.07, 6.45) is 4.80. The monoisotopic (exact) mass is 558 g/mol. The number of fused-ring (bicyclic) bond motifs is 1. The summed E-state index contributed by atoms with van der Waals surface area (Å²) < 4.78 is 23.3. The van der Waals surface area contributed by atoms with Crippen LogP contribution in [0.4, 0.5) is 10.1 Å². The normalized spacial score (nSPS) is 15.7. The lowest BCUT2D eigenvalue weighted by atomic mass is 10.1. The number of hydrogen-bond acceptors (Lipinski definition) is 6. The maximum atomic E-state index is 15.4. The number of ether oxygens (including phenoxy) is 1. The van der Waals surface area contributed by atoms with Crippen LogP contribution in [0.2, 0.25) is 0 Å². The van der Waals surface area contributed by atoms with E-state index < -0.39 is 5.82 Å². The van der Waals surface area contributed by atoms with Crippen molar-refractivity contribution in [1.29, 1.82) is 0 Å². The van der Waals surface area contributed by atoms with E-state index in [1.807, 2.05) is 25.7 Å². The van der Waals surface area contributed by atoms with Crippen LogP contribution in [-0.2, 0) is 16.8 Å². The van der Waals surface area contributed by atoms with Gasteiger partial charge in [-0.05, 0) is 70.5 Å². The van der Waals surface area contributed by atoms with Gasteiger partial charge in [-0.3, -0.25) is 19.3 Å². The second-order valence-electron chi connectivity index (χ2n) is 11.5. The number of amides is 2. The van der Waals surface area contributed by atoms with Crippen LogP contribution >= 0.6 is 0 Å². The van der Waals surface area contributed by atoms with Crippen LogP contribution < -0.4 is 15.4 Å². The van der Waals surface area contributed by atoms with Crippen LogP contribution in [0.15, 0.2) is 55.0 Å². The summed E-state index contributed by atoms with van der Waals surface area (Å²) in [6, 6.07) is 10.5. The van der Waals surface area contributed by atoms with Gasteiger partial charge in [-0.1, -0.05) is 6.07 Å². The minimum atomic E-state index is -0.509. The molecular formula is C31H35FN6O3. The lowest BCUT2D eigenvalue weighted by molar-refractivity contribution is -0.115. The second-order valence-corrected chi connectivity index (χ2v) is 11.5. The number of carbonyl (C=O) groups excluding carboxylic acids is 2. The number of anilines is 1. The Labute approximate surface area is 238 Å². The fraction of sp³-hybridized carbons (Fsp3) is 0.355. The standard InChI is InChI=1S/C31H35FN6O3/c1-19-17-37(13-12-33-19)30(40)22-6-8-25-24(14-22)27(10-11-34-25)41-26-9-7-21(29(32)20(26)2)15-28(39)36-23-16-35-38(18-23)31(3,4)5/h6-11,14,16,18-19,33H,12-13,15,17H2,1-5H3,(H,36,39)/t19-/m0/s1. The smallest absolute Gasteiger partial charge is 0.253 e. The van der Waals surface area contributed by atoms with E-state index in [2.05, 4.69) is 27.6 Å². The molecule has 9 nitrogen and oxygen atoms in total. The summed E-state index contributed by atoms with van der Waals surface area (Å²) in [5.74, 6) is -0.127. The second kappa shape index (κ2) is 11.3. The molecule has 10 heteroatoms. The molecular weight excluding hydrogens is 523 g/mol. The van der Waals surface area contributed by atoms with Crippen LogP contribution in [0.5, 0.6) is 11.5 Å². The first-order valence-electron chi connectivity index (χ1n) is 13.7. The van der Waals surface area contributed by atoms with Crippen molar-refractivity contribution in [3.63, 3.8) is 0 Å². The molecule has 1 atom stereocenters. The third-order valence-corrected chi connectivity index (χ3v) is 7.15. The predicted octanol–water partition coefficient (Wildman–Crippen LogP) is 5.04. The number of benzene rings is 2. The minimum Gasteiger partial charge on any atom is -0.456 e. The molecule has 0 unspecified atom stereocenters. The lowest BCUT2D eigenvalue weighted by Gasteiger charge is -2.32. The Hall–Kier alpha value is -4.31. The fourth-order valence-electron chi connectivity index (χ4n) is 4.86. The van der Waals surface area contributed by atoms with E-state index in [0.29, 0.717) is 46.7 Å². The summed E-state index contributed by atoms with van der Waals surface area (Å²) in [6.45, 7) is 11.7. The zero-order valence-electron chi connectivity index (χ0n) is 24.0. The van der Waals surface area contributed by atoms with Crippen LogP contribution in [0.25, 0.3) is 10.9 Å². The molecule has 2 N–H and O–H groups in total. The van der Waals surface area contributed by atoms with E-state index in [-0.39, 0.29) is 40.9 Å². The largest absolute Gasteiger partial charge is 0.456 e. The quantitative estimate of drug-likeness (QED) is 0.344. The number of hydrogen-bond donors (Lipinski definition) is 2. The molecule has 3 heterocycles. The zero-order valence-corrected chi connectivity index (χ0v) is 24.0. The van der Waals surface area contributed by atoms with Crippen molar-refractivity contribution >= 4 is 28.4 Å². The molecule has 1 aliphatic rings. The highest BCUT2D eigenvalue weighted by Crippen LogP contribution is 2.33. The highest BCUT2D eigenvalue weighted by atomic mass is 19.1. The molecule has 0 radical (unpaired) electrons. The molecule has 1 fully saturated rings. The van der Waals surface area contributed by atoms with Gasteiger partial charge in [-0.25, -0.2) is 4.39 Å². The molecule has 41 heavy (non-hydrogen) atoms. The summed E-state index contributed by atoms with van der Waals surface area (Å²) in [4.78, 5) is 32.1. The van der Waals surface area contributed by atoms with Gasteiger partial charge in [0.1, 0.15) is 17.3 Å². The first-order valence-corrected chi connectivity index (χ1v) is 13.7. The van der Waals surface area contributed by atoms with E-state index in [1.54, 1.807) is 66.6 Å². The minimum absolute atomic E-state index is 0.0503. The number of halogens is 1. The third-order valence-electron chi connectivity index (χ3n) is 7.15. The topological polar surface area (TPSA) is 101 Å². The zero-order chi connectivity index (χ0) is 29.3. The van der Waals surface area contributed by atoms with Crippen LogP contribution in [0.1, 0.15) is 49.2 Å². The van der Waals surface area contributed by atoms with Gasteiger partial charge in [-0.15, -0.1) is 0 Å². The number of nitrogens with one attached hydrogen (secondary N) is 2. The van der Waals surface area contributed by atoms with E-state index in [9.17, 15) is 9.59 Å². The van der Waals surface area contributed by atoms with Crippen molar-refractivity contribution in [2.24, 2.45) is 0 Å². The summed E-state index contributed by atoms with van der Waals surface area (Å²) >= 11 is 0. The Balaban J connectivity index is 1.33. The number of rotatable bonds is 6. The maximum absolute atomic E-state index is 15.4. The van der Waals surface area contributed by atoms with Crippen molar-refractivity contribution in [3.8, 4) is 11.5 Å². The SMILES string of the molecule is Cc1c(Oc2ccnc3ccc(C(=O)N4CCN[C@@H](C)C4)cc23)ccc(CC(=O)Nc2cnn(C(C)(C)C)c2)c1F. The molecule has 2 aromatic carbocycles. The fourth-order valence-corrected chi connectivity index (χ4v) is 4.86. The lowest BCUT2D eigenvalue weighted by Crippen LogP contribution is -2.51. The van der Waals surface area contributed by atoms with Crippen molar-refractivity contribution in [3.05, 3.63) is 77.5 Å². The summed E-state index contributed by atoms with van der Waals surface area (Å²) in [5, 5.41) is 11.1. The van der Waals surface area contributed by atoms with Gasteiger partial charge in [-0.2, -0.15) is 5.10 Å². The Kier molecular flexibility index (Phi) is 7.77. The number of carbonyl (C=O) groups is 2. The van der Waals surface area contributed by atoms with Gasteiger partial charge >= 0.3 is 0 Å². The highest BCUT2D eigenvalue weighted by Gasteiger charge is 2.23. The Morgan fingerprint density at radius 2 is 1.98 bits per heavy atom. The molecule has 0 saturated carbocycles. The van der Waals surface area contributed by atoms with E-state index in [1.165, 1.54) is 0 Å². The Morgan fingerprint density at radius 3 is 2.71 bits per heavy atom. The molecule has 2 aromatic heterocycles. The van der Waals surface area contributed by atoms with Gasteiger partial charge in [0.25, 0.3) is 5.91 Å². The number of pyridine rings is 1. The molecule has 0 bridgehead atoms. The first-order chi connectivity index (χ1) is 19.5. The van der Waals surface area contributed by atoms with Crippen LogP contribution in [-0.4, -0.2) is 57.2 Å². The number of aromatic nitrogens is 3. The van der Waals surface area contributed by atoms with E-state index in [4.69, 9.17) is 4.74 Å². The molecule has 2 amide bonds. The maximum Gasteiger partial charge on any atom is 0.253 e. The van der Waals surface area contributed by atoms with Crippen LogP contribution in [0, 0.1) is 12.7 Å². The van der Waals surface area contributed by atoms with E-state index >= 15 is 4.39 Å². The molecule has 214 valence electrons. The van der Waals surface area contributed by atoms with Crippen molar-refractivity contribution in [1.82, 2.24) is 25.0 Å². The van der Waals surface area contributed by atoms with Crippen molar-refractivity contribution in [2.75, 3.05) is 25.0 Å². The van der Waals surface area contributed by atoms with Gasteiger partial charge in [0.05, 0.1) is 29.4 Å². The van der Waals surface area contributed by atoms with Crippen molar-refractivity contribution < 1.29 is 18.7 Å². The average molecular weight is 559 g/mol. The summed E-state index contributed by atoms with van der Waals surface area (Å²) in [5.41, 5.74) is 2.07. The van der Waals surface area contributed by atoms with Gasteiger partial charge < -0.3 is 20.3 Å². The third kappa shape index (κ3) is 6.22. The van der Waals surface area contributed by atoms with Gasteiger partial charge in [0.15, 0.2) is 0 Å². The van der Waals surface area contributed by atoms with Gasteiger partial charge in [0.2, 0.25) is 5.91 Å². The molecule has 4 aromatic rings. The van der Waals surface area contributed by atoms with Crippen LogP contribution in [0.3, 0.4) is 0 Å².